The van der Waals surface area contributed by atoms with E-state index in [0.717, 1.165) is 57.3 Å². The summed E-state index contributed by atoms with van der Waals surface area (Å²) in [7, 11) is -4.23. The first kappa shape index (κ1) is 25.9. The predicted molar refractivity (Wildman–Crippen MR) is 132 cm³/mol. The highest BCUT2D eigenvalue weighted by atomic mass is 32.2. The molecule has 190 valence electrons. The van der Waals surface area contributed by atoms with Crippen LogP contribution in [0.3, 0.4) is 0 Å². The zero-order valence-corrected chi connectivity index (χ0v) is 20.8. The second kappa shape index (κ2) is 10.8. The van der Waals surface area contributed by atoms with E-state index in [2.05, 4.69) is 47.3 Å². The summed E-state index contributed by atoms with van der Waals surface area (Å²) in [5.74, 6) is 1.22. The van der Waals surface area contributed by atoms with E-state index in [1.54, 1.807) is 0 Å². The molecule has 4 rings (SSSR count). The lowest BCUT2D eigenvalue weighted by molar-refractivity contribution is -0.139. The Morgan fingerprint density at radius 3 is 2.37 bits per heavy atom. The van der Waals surface area contributed by atoms with Crippen LogP contribution in [0.5, 0.6) is 0 Å². The van der Waals surface area contributed by atoms with Crippen molar-refractivity contribution in [2.75, 3.05) is 13.1 Å². The highest BCUT2D eigenvalue weighted by molar-refractivity contribution is 7.89. The summed E-state index contributed by atoms with van der Waals surface area (Å²) in [5, 5.41) is 3.56. The summed E-state index contributed by atoms with van der Waals surface area (Å²) < 4.78 is 67.2. The number of benzene rings is 2. The third kappa shape index (κ3) is 6.54. The van der Waals surface area contributed by atoms with E-state index in [-0.39, 0.29) is 12.5 Å². The minimum absolute atomic E-state index is 0.133. The number of sulfonamides is 1. The number of alkyl halides is 3. The lowest BCUT2D eigenvalue weighted by atomic mass is 9.82. The Hall–Kier alpha value is -2.16. The molecule has 0 saturated heterocycles. The molecular formula is C27H33F3N2O2S. The molecule has 1 fully saturated rings. The maximum Gasteiger partial charge on any atom is 0.417 e. The number of nitrogens with one attached hydrogen (secondary N) is 2. The summed E-state index contributed by atoms with van der Waals surface area (Å²) in [6.45, 7) is 4.13. The number of hydrogen-bond acceptors (Lipinski definition) is 3. The molecule has 1 atom stereocenters. The van der Waals surface area contributed by atoms with Crippen LogP contribution >= 0.6 is 0 Å². The molecule has 0 heterocycles. The fourth-order valence-electron chi connectivity index (χ4n) is 5.15. The quantitative estimate of drug-likeness (QED) is 0.455. The van der Waals surface area contributed by atoms with E-state index in [9.17, 15) is 21.6 Å². The molecule has 8 heteroatoms. The maximum atomic E-state index is 13.2. The van der Waals surface area contributed by atoms with Gasteiger partial charge in [-0.15, -0.1) is 0 Å². The van der Waals surface area contributed by atoms with E-state index in [4.69, 9.17) is 0 Å². The van der Waals surface area contributed by atoms with Gasteiger partial charge in [-0.2, -0.15) is 13.2 Å². The standard InChI is InChI=1S/C27H33F3N2O2S/c1-19-5-4-6-23-15-22(13-14-24(19)23)17-31-16-20-9-11-21(12-10-20)18-32-35(33,34)26-8-3-2-7-25(26)27(28,29)30/h2-4,6-8,13-15,19-21,31-32H,5,9-12,16-18H2,1H3. The van der Waals surface area contributed by atoms with Crippen LogP contribution in [0.1, 0.15) is 67.2 Å². The van der Waals surface area contributed by atoms with Gasteiger partial charge in [0.05, 0.1) is 10.5 Å². The Kier molecular flexibility index (Phi) is 8.03. The van der Waals surface area contributed by atoms with Gasteiger partial charge in [0.1, 0.15) is 0 Å². The van der Waals surface area contributed by atoms with Gasteiger partial charge in [-0.25, -0.2) is 13.1 Å². The molecule has 0 bridgehead atoms. The molecule has 0 aliphatic heterocycles. The second-order valence-corrected chi connectivity index (χ2v) is 11.6. The van der Waals surface area contributed by atoms with Gasteiger partial charge in [0, 0.05) is 13.1 Å². The van der Waals surface area contributed by atoms with Gasteiger partial charge >= 0.3 is 6.18 Å². The number of rotatable bonds is 8. The molecule has 0 radical (unpaired) electrons. The first-order chi connectivity index (χ1) is 16.6. The minimum Gasteiger partial charge on any atom is -0.312 e. The third-order valence-corrected chi connectivity index (χ3v) is 8.72. The Labute approximate surface area is 206 Å². The Bertz CT molecular complexity index is 1150. The SMILES string of the molecule is CC1CC=Cc2cc(CNCC3CCC(CNS(=O)(=O)c4ccccc4C(F)(F)F)CC3)ccc21. The van der Waals surface area contributed by atoms with Crippen LogP contribution < -0.4 is 10.0 Å². The van der Waals surface area contributed by atoms with Gasteiger partial charge in [-0.1, -0.05) is 49.4 Å². The molecule has 35 heavy (non-hydrogen) atoms. The van der Waals surface area contributed by atoms with E-state index in [1.807, 2.05) is 0 Å². The Morgan fingerprint density at radius 1 is 0.971 bits per heavy atom. The first-order valence-corrected chi connectivity index (χ1v) is 13.8. The van der Waals surface area contributed by atoms with Crippen molar-refractivity contribution < 1.29 is 21.6 Å². The predicted octanol–water partition coefficient (Wildman–Crippen LogP) is 6.10. The third-order valence-electron chi connectivity index (χ3n) is 7.24. The maximum absolute atomic E-state index is 13.2. The van der Waals surface area contributed by atoms with Crippen molar-refractivity contribution in [1.82, 2.24) is 10.0 Å². The van der Waals surface area contributed by atoms with E-state index in [0.29, 0.717) is 11.8 Å². The van der Waals surface area contributed by atoms with Gasteiger partial charge in [-0.3, -0.25) is 0 Å². The van der Waals surface area contributed by atoms with Crippen molar-refractivity contribution in [3.63, 3.8) is 0 Å². The lowest BCUT2D eigenvalue weighted by Gasteiger charge is -2.29. The summed E-state index contributed by atoms with van der Waals surface area (Å²) in [5.41, 5.74) is 2.85. The molecule has 0 spiro atoms. The fraction of sp³-hybridized carbons (Fsp3) is 0.481. The summed E-state index contributed by atoms with van der Waals surface area (Å²) in [6, 6.07) is 11.0. The number of allylic oxidation sites excluding steroid dienone is 1. The van der Waals surface area contributed by atoms with Crippen LogP contribution in [0.25, 0.3) is 6.08 Å². The monoisotopic (exact) mass is 506 g/mol. The van der Waals surface area contributed by atoms with Gasteiger partial charge < -0.3 is 5.32 Å². The van der Waals surface area contributed by atoms with Crippen molar-refractivity contribution in [1.29, 1.82) is 0 Å². The van der Waals surface area contributed by atoms with E-state index >= 15 is 0 Å². The highest BCUT2D eigenvalue weighted by Gasteiger charge is 2.37. The molecular weight excluding hydrogens is 473 g/mol. The molecule has 4 nitrogen and oxygen atoms in total. The zero-order valence-electron chi connectivity index (χ0n) is 19.9. The molecule has 2 aromatic rings. The molecule has 0 amide bonds. The van der Waals surface area contributed by atoms with Crippen LogP contribution in [0.15, 0.2) is 53.4 Å². The molecule has 2 aromatic carbocycles. The van der Waals surface area contributed by atoms with Crippen LogP contribution in [-0.2, 0) is 22.7 Å². The molecule has 2 aliphatic carbocycles. The first-order valence-electron chi connectivity index (χ1n) is 12.3. The largest absolute Gasteiger partial charge is 0.417 e. The molecule has 0 aromatic heterocycles. The molecule has 2 aliphatic rings. The number of hydrogen-bond donors (Lipinski definition) is 2. The van der Waals surface area contributed by atoms with Crippen molar-refractivity contribution >= 4 is 16.1 Å². The molecule has 1 saturated carbocycles. The fourth-order valence-corrected chi connectivity index (χ4v) is 6.50. The van der Waals surface area contributed by atoms with Gasteiger partial charge in [0.25, 0.3) is 0 Å². The number of fused-ring (bicyclic) bond motifs is 1. The number of halogens is 3. The molecule has 2 N–H and O–H groups in total. The average molecular weight is 507 g/mol. The lowest BCUT2D eigenvalue weighted by Crippen LogP contribution is -2.34. The normalized spacial score (nSPS) is 22.7. The van der Waals surface area contributed by atoms with Gasteiger partial charge in [0.2, 0.25) is 10.0 Å². The van der Waals surface area contributed by atoms with Crippen LogP contribution in [0.2, 0.25) is 0 Å². The summed E-state index contributed by atoms with van der Waals surface area (Å²) >= 11 is 0. The molecule has 1 unspecified atom stereocenters. The van der Waals surface area contributed by atoms with Gasteiger partial charge in [0.15, 0.2) is 0 Å². The van der Waals surface area contributed by atoms with Crippen LogP contribution in [0.4, 0.5) is 13.2 Å². The van der Waals surface area contributed by atoms with Gasteiger partial charge in [-0.05, 0) is 85.2 Å². The van der Waals surface area contributed by atoms with Crippen molar-refractivity contribution in [3.8, 4) is 0 Å². The summed E-state index contributed by atoms with van der Waals surface area (Å²) in [4.78, 5) is -0.711. The zero-order chi connectivity index (χ0) is 25.1. The summed E-state index contributed by atoms with van der Waals surface area (Å²) in [6.07, 6.45) is 4.48. The Morgan fingerprint density at radius 2 is 1.66 bits per heavy atom. The smallest absolute Gasteiger partial charge is 0.312 e. The van der Waals surface area contributed by atoms with Crippen molar-refractivity contribution in [2.45, 2.75) is 62.6 Å². The van der Waals surface area contributed by atoms with Crippen LogP contribution in [-0.4, -0.2) is 21.5 Å². The topological polar surface area (TPSA) is 58.2 Å². The minimum atomic E-state index is -4.72. The van der Waals surface area contributed by atoms with E-state index < -0.39 is 26.7 Å². The van der Waals surface area contributed by atoms with E-state index in [1.165, 1.54) is 28.8 Å². The second-order valence-electron chi connectivity index (χ2n) is 9.87. The van der Waals surface area contributed by atoms with Crippen molar-refractivity contribution in [3.05, 3.63) is 70.8 Å². The van der Waals surface area contributed by atoms with Crippen molar-refractivity contribution in [2.24, 2.45) is 11.8 Å². The Balaban J connectivity index is 1.22. The highest BCUT2D eigenvalue weighted by Crippen LogP contribution is 2.34. The average Bonchev–Trinajstić information content (AvgIpc) is 2.83. The van der Waals surface area contributed by atoms with Crippen LogP contribution in [0, 0.1) is 11.8 Å².